The maximum Gasteiger partial charge on any atom is 0.194 e. The van der Waals surface area contributed by atoms with Crippen LogP contribution in [-0.4, -0.2) is 65.5 Å². The van der Waals surface area contributed by atoms with E-state index in [9.17, 15) is 8.42 Å². The van der Waals surface area contributed by atoms with Gasteiger partial charge >= 0.3 is 0 Å². The summed E-state index contributed by atoms with van der Waals surface area (Å²) in [7, 11) is -3.07. The van der Waals surface area contributed by atoms with Gasteiger partial charge in [0, 0.05) is 51.5 Å². The summed E-state index contributed by atoms with van der Waals surface area (Å²) >= 11 is 0. The molecule has 0 spiro atoms. The molecule has 1 aromatic heterocycles. The molecular formula is C21H32IN5O2S. The van der Waals surface area contributed by atoms with Gasteiger partial charge in [-0.05, 0) is 26.3 Å². The highest BCUT2D eigenvalue weighted by atomic mass is 127. The van der Waals surface area contributed by atoms with E-state index in [2.05, 4.69) is 31.9 Å². The molecule has 2 heterocycles. The minimum absolute atomic E-state index is 0. The Labute approximate surface area is 196 Å². The van der Waals surface area contributed by atoms with Crippen LogP contribution >= 0.6 is 24.0 Å². The number of rotatable bonds is 6. The summed E-state index contributed by atoms with van der Waals surface area (Å²) in [4.78, 5) is 11.3. The zero-order chi connectivity index (χ0) is 20.9. The average Bonchev–Trinajstić information content (AvgIpc) is 3.11. The van der Waals surface area contributed by atoms with Crippen LogP contribution in [0, 0.1) is 0 Å². The fraction of sp³-hybridized carbons (Fsp3) is 0.524. The lowest BCUT2D eigenvalue weighted by molar-refractivity contribution is 0.353. The summed E-state index contributed by atoms with van der Waals surface area (Å²) in [6.07, 6.45) is 4.55. The number of benzene rings is 1. The number of halogens is 1. The molecule has 3 rings (SSSR count). The molecule has 30 heavy (non-hydrogen) atoms. The fourth-order valence-corrected chi connectivity index (χ4v) is 4.87. The lowest BCUT2D eigenvalue weighted by atomic mass is 10.2. The van der Waals surface area contributed by atoms with Crippen molar-refractivity contribution < 1.29 is 8.42 Å². The number of hydrogen-bond donors (Lipinski definition) is 1. The Balaban J connectivity index is 0.00000320. The van der Waals surface area contributed by atoms with E-state index in [-0.39, 0.29) is 29.7 Å². The molecule has 0 atom stereocenters. The first-order chi connectivity index (χ1) is 13.8. The van der Waals surface area contributed by atoms with Crippen molar-refractivity contribution in [1.29, 1.82) is 0 Å². The molecule has 1 fully saturated rings. The van der Waals surface area contributed by atoms with Crippen molar-refractivity contribution in [2.24, 2.45) is 4.99 Å². The molecule has 1 saturated heterocycles. The molecule has 2 aromatic rings. The Morgan fingerprint density at radius 3 is 2.67 bits per heavy atom. The first-order valence-electron chi connectivity index (χ1n) is 10.1. The molecule has 7 nitrogen and oxygen atoms in total. The maximum absolute atomic E-state index is 12.3. The van der Waals surface area contributed by atoms with Crippen molar-refractivity contribution in [3.63, 3.8) is 0 Å². The van der Waals surface area contributed by atoms with Crippen molar-refractivity contribution in [2.75, 3.05) is 31.9 Å². The van der Waals surface area contributed by atoms with Crippen LogP contribution < -0.4 is 5.32 Å². The fourth-order valence-electron chi connectivity index (χ4n) is 3.50. The number of sulfone groups is 1. The highest BCUT2D eigenvalue weighted by Gasteiger charge is 2.40. The van der Waals surface area contributed by atoms with Crippen molar-refractivity contribution in [1.82, 2.24) is 19.8 Å². The van der Waals surface area contributed by atoms with Crippen LogP contribution in [-0.2, 0) is 22.8 Å². The van der Waals surface area contributed by atoms with Crippen molar-refractivity contribution in [2.45, 2.75) is 38.5 Å². The summed E-state index contributed by atoms with van der Waals surface area (Å²) in [5, 5.41) is 3.31. The summed E-state index contributed by atoms with van der Waals surface area (Å²) in [6, 6.07) is 10.3. The standard InChI is InChI=1S/C21H31N5O2S.HI/c1-4-22-20(26-14-15-29(27,28)21(2,3)17-26)24-11-10-19-23-12-13-25(19)16-18-8-6-5-7-9-18;/h5-9,12-13H,4,10-11,14-17H2,1-3H3,(H,22,24);1H. The van der Waals surface area contributed by atoms with Gasteiger partial charge in [-0.2, -0.15) is 0 Å². The highest BCUT2D eigenvalue weighted by Crippen LogP contribution is 2.23. The van der Waals surface area contributed by atoms with Gasteiger partial charge < -0.3 is 14.8 Å². The summed E-state index contributed by atoms with van der Waals surface area (Å²) in [6.45, 7) is 8.65. The van der Waals surface area contributed by atoms with Gasteiger partial charge in [0.25, 0.3) is 0 Å². The SMILES string of the molecule is CCNC(=NCCc1nccn1Cc1ccccc1)N1CCS(=O)(=O)C(C)(C)C1.I. The van der Waals surface area contributed by atoms with Crippen LogP contribution in [0.25, 0.3) is 0 Å². The lowest BCUT2D eigenvalue weighted by Crippen LogP contribution is -2.57. The molecule has 0 radical (unpaired) electrons. The van der Waals surface area contributed by atoms with Gasteiger partial charge in [0.15, 0.2) is 15.8 Å². The summed E-state index contributed by atoms with van der Waals surface area (Å²) < 4.78 is 26.0. The zero-order valence-electron chi connectivity index (χ0n) is 17.9. The van der Waals surface area contributed by atoms with E-state index in [1.54, 1.807) is 13.8 Å². The minimum atomic E-state index is -3.07. The van der Waals surface area contributed by atoms with E-state index in [0.717, 1.165) is 31.3 Å². The molecule has 166 valence electrons. The Bertz CT molecular complexity index is 941. The number of aliphatic imine (C=N–C) groups is 1. The minimum Gasteiger partial charge on any atom is -0.357 e. The maximum atomic E-state index is 12.3. The van der Waals surface area contributed by atoms with Gasteiger partial charge in [0.2, 0.25) is 0 Å². The Morgan fingerprint density at radius 2 is 2.00 bits per heavy atom. The predicted molar refractivity (Wildman–Crippen MR) is 132 cm³/mol. The predicted octanol–water partition coefficient (Wildman–Crippen LogP) is 2.57. The third-order valence-corrected chi connectivity index (χ3v) is 7.81. The molecule has 1 aliphatic rings. The zero-order valence-corrected chi connectivity index (χ0v) is 21.1. The smallest absolute Gasteiger partial charge is 0.194 e. The average molecular weight is 545 g/mol. The second kappa shape index (κ2) is 10.6. The normalized spacial score (nSPS) is 18.0. The molecular weight excluding hydrogens is 513 g/mol. The Kier molecular flexibility index (Phi) is 8.72. The summed E-state index contributed by atoms with van der Waals surface area (Å²) in [5.41, 5.74) is 1.24. The number of aromatic nitrogens is 2. The van der Waals surface area contributed by atoms with Crippen LogP contribution in [0.3, 0.4) is 0 Å². The molecule has 0 aliphatic carbocycles. The van der Waals surface area contributed by atoms with E-state index in [1.165, 1.54) is 5.56 Å². The van der Waals surface area contributed by atoms with Crippen LogP contribution in [0.5, 0.6) is 0 Å². The second-order valence-electron chi connectivity index (χ2n) is 7.94. The first-order valence-corrected chi connectivity index (χ1v) is 11.8. The van der Waals surface area contributed by atoms with Crippen LogP contribution in [0.15, 0.2) is 47.7 Å². The Hall–Kier alpha value is -1.62. The molecule has 1 N–H and O–H groups in total. The molecule has 0 saturated carbocycles. The number of guanidine groups is 1. The van der Waals surface area contributed by atoms with Gasteiger partial charge in [-0.3, -0.25) is 4.99 Å². The van der Waals surface area contributed by atoms with E-state index in [4.69, 9.17) is 4.99 Å². The van der Waals surface area contributed by atoms with E-state index in [0.29, 0.717) is 19.6 Å². The van der Waals surface area contributed by atoms with Gasteiger partial charge in [-0.25, -0.2) is 13.4 Å². The quantitative estimate of drug-likeness (QED) is 0.343. The van der Waals surface area contributed by atoms with Crippen LogP contribution in [0.2, 0.25) is 0 Å². The second-order valence-corrected chi connectivity index (χ2v) is 10.7. The molecule has 0 unspecified atom stereocenters. The monoisotopic (exact) mass is 545 g/mol. The first kappa shape index (κ1) is 24.6. The van der Waals surface area contributed by atoms with E-state index in [1.807, 2.05) is 37.5 Å². The largest absolute Gasteiger partial charge is 0.357 e. The van der Waals surface area contributed by atoms with Gasteiger partial charge in [-0.1, -0.05) is 30.3 Å². The number of nitrogens with zero attached hydrogens (tertiary/aromatic N) is 4. The topological polar surface area (TPSA) is 79.6 Å². The third-order valence-electron chi connectivity index (χ3n) is 5.27. The van der Waals surface area contributed by atoms with Crippen molar-refractivity contribution in [3.05, 3.63) is 54.1 Å². The molecule has 9 heteroatoms. The van der Waals surface area contributed by atoms with E-state index >= 15 is 0 Å². The van der Waals surface area contributed by atoms with Crippen LogP contribution in [0.4, 0.5) is 0 Å². The third kappa shape index (κ3) is 5.96. The molecule has 1 aliphatic heterocycles. The van der Waals surface area contributed by atoms with Crippen molar-refractivity contribution >= 4 is 39.8 Å². The van der Waals surface area contributed by atoms with E-state index < -0.39 is 14.6 Å². The lowest BCUT2D eigenvalue weighted by Gasteiger charge is -2.39. The van der Waals surface area contributed by atoms with Crippen LogP contribution in [0.1, 0.15) is 32.2 Å². The number of imidazole rings is 1. The number of nitrogens with one attached hydrogen (secondary N) is 1. The Morgan fingerprint density at radius 1 is 1.27 bits per heavy atom. The van der Waals surface area contributed by atoms with Gasteiger partial charge in [0.1, 0.15) is 5.82 Å². The summed E-state index contributed by atoms with van der Waals surface area (Å²) in [5.74, 6) is 1.93. The number of hydrogen-bond acceptors (Lipinski definition) is 4. The molecule has 0 bridgehead atoms. The van der Waals surface area contributed by atoms with Crippen molar-refractivity contribution in [3.8, 4) is 0 Å². The highest BCUT2D eigenvalue weighted by molar-refractivity contribution is 14.0. The van der Waals surface area contributed by atoms with Gasteiger partial charge in [-0.15, -0.1) is 24.0 Å². The van der Waals surface area contributed by atoms with Gasteiger partial charge in [0.05, 0.1) is 10.5 Å². The molecule has 1 aromatic carbocycles. The molecule has 0 amide bonds.